The van der Waals surface area contributed by atoms with Gasteiger partial charge in [-0.25, -0.2) is 4.39 Å². The Hall–Kier alpha value is -1.43. The maximum atomic E-state index is 13.4. The van der Waals surface area contributed by atoms with E-state index >= 15 is 0 Å². The summed E-state index contributed by atoms with van der Waals surface area (Å²) in [5.41, 5.74) is 9.08. The van der Waals surface area contributed by atoms with E-state index in [1.165, 1.54) is 12.1 Å². The van der Waals surface area contributed by atoms with E-state index in [1.807, 2.05) is 0 Å². The molecule has 0 aliphatic heterocycles. The molecule has 0 heterocycles. The maximum absolute atomic E-state index is 13.4. The van der Waals surface area contributed by atoms with Crippen molar-refractivity contribution in [3.8, 4) is 0 Å². The van der Waals surface area contributed by atoms with E-state index in [4.69, 9.17) is 11.5 Å². The summed E-state index contributed by atoms with van der Waals surface area (Å²) in [5, 5.41) is 0. The van der Waals surface area contributed by atoms with Gasteiger partial charge in [-0.1, -0.05) is 0 Å². The molecule has 1 aromatic rings. The van der Waals surface area contributed by atoms with Crippen LogP contribution < -0.4 is 11.5 Å². The van der Waals surface area contributed by atoms with Crippen molar-refractivity contribution in [3.63, 3.8) is 0 Å². The van der Waals surface area contributed by atoms with Crippen LogP contribution in [0.15, 0.2) is 16.6 Å². The number of rotatable bonds is 2. The molecule has 14 heavy (non-hydrogen) atoms. The van der Waals surface area contributed by atoms with Crippen molar-refractivity contribution in [3.05, 3.63) is 33.5 Å². The van der Waals surface area contributed by atoms with E-state index in [1.54, 1.807) is 0 Å². The van der Waals surface area contributed by atoms with Crippen LogP contribution in [0.25, 0.3) is 0 Å². The SMILES string of the molecule is NC(=O)c1ccc(Br)c(C(N)=O)c1F. The summed E-state index contributed by atoms with van der Waals surface area (Å²) in [4.78, 5) is 21.5. The Balaban J connectivity index is 3.49. The highest BCUT2D eigenvalue weighted by molar-refractivity contribution is 9.10. The van der Waals surface area contributed by atoms with Gasteiger partial charge in [-0.05, 0) is 28.1 Å². The first-order valence-electron chi connectivity index (χ1n) is 3.52. The lowest BCUT2D eigenvalue weighted by Crippen LogP contribution is -2.19. The number of nitrogens with two attached hydrogens (primary N) is 2. The van der Waals surface area contributed by atoms with E-state index in [0.717, 1.165) is 0 Å². The third kappa shape index (κ3) is 1.74. The zero-order valence-electron chi connectivity index (χ0n) is 6.88. The van der Waals surface area contributed by atoms with Crippen LogP contribution in [-0.4, -0.2) is 11.8 Å². The highest BCUT2D eigenvalue weighted by atomic mass is 79.9. The van der Waals surface area contributed by atoms with Gasteiger partial charge in [-0.15, -0.1) is 0 Å². The second kappa shape index (κ2) is 3.75. The maximum Gasteiger partial charge on any atom is 0.252 e. The first-order valence-corrected chi connectivity index (χ1v) is 4.32. The van der Waals surface area contributed by atoms with Crippen LogP contribution in [-0.2, 0) is 0 Å². The highest BCUT2D eigenvalue weighted by Crippen LogP contribution is 2.22. The quantitative estimate of drug-likeness (QED) is 0.824. The molecule has 0 aliphatic rings. The second-order valence-electron chi connectivity index (χ2n) is 2.51. The molecule has 0 radical (unpaired) electrons. The Bertz CT molecular complexity index is 420. The van der Waals surface area contributed by atoms with Gasteiger partial charge in [0, 0.05) is 4.47 Å². The van der Waals surface area contributed by atoms with Crippen LogP contribution in [0.3, 0.4) is 0 Å². The van der Waals surface area contributed by atoms with Crippen molar-refractivity contribution in [1.29, 1.82) is 0 Å². The van der Waals surface area contributed by atoms with Crippen molar-refractivity contribution < 1.29 is 14.0 Å². The number of benzene rings is 1. The number of amides is 2. The molecule has 4 N–H and O–H groups in total. The topological polar surface area (TPSA) is 86.2 Å². The van der Waals surface area contributed by atoms with Gasteiger partial charge in [-0.2, -0.15) is 0 Å². The minimum atomic E-state index is -1.00. The van der Waals surface area contributed by atoms with Crippen LogP contribution in [0, 0.1) is 5.82 Å². The number of halogens is 2. The molecule has 1 rings (SSSR count). The van der Waals surface area contributed by atoms with Crippen LogP contribution in [0.2, 0.25) is 0 Å². The molecular weight excluding hydrogens is 255 g/mol. The van der Waals surface area contributed by atoms with Gasteiger partial charge >= 0.3 is 0 Å². The van der Waals surface area contributed by atoms with Gasteiger partial charge in [0.1, 0.15) is 5.82 Å². The third-order valence-electron chi connectivity index (χ3n) is 1.60. The van der Waals surface area contributed by atoms with Gasteiger partial charge in [0.25, 0.3) is 11.8 Å². The number of hydrogen-bond acceptors (Lipinski definition) is 2. The number of hydrogen-bond donors (Lipinski definition) is 2. The summed E-state index contributed by atoms with van der Waals surface area (Å²) in [5.74, 6) is -2.91. The average molecular weight is 261 g/mol. The van der Waals surface area contributed by atoms with Crippen molar-refractivity contribution in [2.45, 2.75) is 0 Å². The van der Waals surface area contributed by atoms with Crippen LogP contribution >= 0.6 is 15.9 Å². The number of carbonyl (C=O) groups is 2. The van der Waals surface area contributed by atoms with Crippen molar-refractivity contribution in [1.82, 2.24) is 0 Å². The van der Waals surface area contributed by atoms with E-state index in [-0.39, 0.29) is 15.6 Å². The smallest absolute Gasteiger partial charge is 0.252 e. The molecule has 0 unspecified atom stereocenters. The van der Waals surface area contributed by atoms with Gasteiger partial charge in [0.15, 0.2) is 0 Å². The Morgan fingerprint density at radius 1 is 1.21 bits per heavy atom. The fourth-order valence-corrected chi connectivity index (χ4v) is 1.47. The molecule has 0 fully saturated rings. The molecule has 0 bridgehead atoms. The third-order valence-corrected chi connectivity index (χ3v) is 2.26. The van der Waals surface area contributed by atoms with Crippen molar-refractivity contribution >= 4 is 27.7 Å². The molecular formula is C8H6BrFN2O2. The standard InChI is InChI=1S/C8H6BrFN2O2/c9-4-2-1-3(7(11)13)6(10)5(4)8(12)14/h1-2H,(H2,11,13)(H2,12,14). The summed E-state index contributed by atoms with van der Waals surface area (Å²) in [6.07, 6.45) is 0. The highest BCUT2D eigenvalue weighted by Gasteiger charge is 2.18. The van der Waals surface area contributed by atoms with Crippen LogP contribution in [0.4, 0.5) is 4.39 Å². The van der Waals surface area contributed by atoms with Gasteiger partial charge in [0.2, 0.25) is 0 Å². The fourth-order valence-electron chi connectivity index (χ4n) is 0.969. The second-order valence-corrected chi connectivity index (χ2v) is 3.37. The monoisotopic (exact) mass is 260 g/mol. The lowest BCUT2D eigenvalue weighted by atomic mass is 10.1. The summed E-state index contributed by atoms with van der Waals surface area (Å²) in [6.45, 7) is 0. The molecule has 0 aliphatic carbocycles. The van der Waals surface area contributed by atoms with Gasteiger partial charge in [0.05, 0.1) is 11.1 Å². The van der Waals surface area contributed by atoms with Crippen LogP contribution in [0.5, 0.6) is 0 Å². The number of primary amides is 2. The predicted molar refractivity (Wildman–Crippen MR) is 51.1 cm³/mol. The summed E-state index contributed by atoms with van der Waals surface area (Å²) >= 11 is 2.94. The van der Waals surface area contributed by atoms with Gasteiger partial charge < -0.3 is 11.5 Å². The van der Waals surface area contributed by atoms with Crippen LogP contribution in [0.1, 0.15) is 20.7 Å². The molecule has 0 saturated heterocycles. The van der Waals surface area contributed by atoms with Crippen molar-refractivity contribution in [2.24, 2.45) is 11.5 Å². The van der Waals surface area contributed by atoms with E-state index in [0.29, 0.717) is 0 Å². The molecule has 4 nitrogen and oxygen atoms in total. The zero-order valence-corrected chi connectivity index (χ0v) is 8.47. The van der Waals surface area contributed by atoms with E-state index < -0.39 is 17.6 Å². The first kappa shape index (κ1) is 10.6. The molecule has 0 atom stereocenters. The Kier molecular flexibility index (Phi) is 2.85. The largest absolute Gasteiger partial charge is 0.366 e. The molecule has 0 saturated carbocycles. The molecule has 2 amide bonds. The first-order chi connectivity index (χ1) is 6.45. The van der Waals surface area contributed by atoms with E-state index in [9.17, 15) is 14.0 Å². The summed E-state index contributed by atoms with van der Waals surface area (Å²) < 4.78 is 13.6. The lowest BCUT2D eigenvalue weighted by Gasteiger charge is -2.04. The van der Waals surface area contributed by atoms with E-state index in [2.05, 4.69) is 15.9 Å². The molecule has 1 aromatic carbocycles. The molecule has 74 valence electrons. The Morgan fingerprint density at radius 2 is 1.79 bits per heavy atom. The summed E-state index contributed by atoms with van der Waals surface area (Å²) in [7, 11) is 0. The lowest BCUT2D eigenvalue weighted by molar-refractivity contribution is 0.0993. The minimum absolute atomic E-state index is 0.188. The molecule has 0 spiro atoms. The molecule has 0 aromatic heterocycles. The number of carbonyl (C=O) groups excluding carboxylic acids is 2. The summed E-state index contributed by atoms with van der Waals surface area (Å²) in [6, 6.07) is 2.51. The van der Waals surface area contributed by atoms with Gasteiger partial charge in [-0.3, -0.25) is 9.59 Å². The Labute approximate surface area is 87.2 Å². The molecule has 6 heteroatoms. The fraction of sp³-hybridized carbons (Fsp3) is 0. The zero-order chi connectivity index (χ0) is 10.9. The van der Waals surface area contributed by atoms with Crippen molar-refractivity contribution in [2.75, 3.05) is 0 Å². The predicted octanol–water partition coefficient (Wildman–Crippen LogP) is 0.786. The average Bonchev–Trinajstić information content (AvgIpc) is 2.02. The Morgan fingerprint density at radius 3 is 2.21 bits per heavy atom. The minimum Gasteiger partial charge on any atom is -0.366 e. The normalized spacial score (nSPS) is 9.86.